The van der Waals surface area contributed by atoms with Gasteiger partial charge in [0.2, 0.25) is 10.0 Å². The molecule has 0 bridgehead atoms. The SMILES string of the molecule is CC(C)NC(=O)Nc1ccc(CNS(=O)(=O)c2ccc(C#N)cc2)cc1. The van der Waals surface area contributed by atoms with Gasteiger partial charge in [0.15, 0.2) is 0 Å². The Morgan fingerprint density at radius 3 is 2.23 bits per heavy atom. The van der Waals surface area contributed by atoms with Gasteiger partial charge in [-0.1, -0.05) is 12.1 Å². The van der Waals surface area contributed by atoms with Gasteiger partial charge in [-0.3, -0.25) is 0 Å². The Morgan fingerprint density at radius 1 is 1.08 bits per heavy atom. The summed E-state index contributed by atoms with van der Waals surface area (Å²) in [5.41, 5.74) is 1.76. The maximum Gasteiger partial charge on any atom is 0.319 e. The molecule has 8 heteroatoms. The van der Waals surface area contributed by atoms with E-state index in [0.29, 0.717) is 11.3 Å². The molecular weight excluding hydrogens is 352 g/mol. The molecule has 2 aromatic rings. The van der Waals surface area contributed by atoms with Crippen LogP contribution in [0.2, 0.25) is 0 Å². The van der Waals surface area contributed by atoms with E-state index in [0.717, 1.165) is 5.56 Å². The van der Waals surface area contributed by atoms with Crippen LogP contribution in [0.1, 0.15) is 25.0 Å². The number of nitrogens with one attached hydrogen (secondary N) is 3. The average molecular weight is 372 g/mol. The molecule has 3 N–H and O–H groups in total. The van der Waals surface area contributed by atoms with Crippen molar-refractivity contribution in [3.8, 4) is 6.07 Å². The van der Waals surface area contributed by atoms with E-state index in [-0.39, 0.29) is 23.5 Å². The van der Waals surface area contributed by atoms with Gasteiger partial charge in [0, 0.05) is 18.3 Å². The van der Waals surface area contributed by atoms with E-state index in [1.165, 1.54) is 24.3 Å². The van der Waals surface area contributed by atoms with E-state index in [1.54, 1.807) is 24.3 Å². The highest BCUT2D eigenvalue weighted by molar-refractivity contribution is 7.89. The largest absolute Gasteiger partial charge is 0.336 e. The molecule has 2 rings (SSSR count). The summed E-state index contributed by atoms with van der Waals surface area (Å²) in [6.07, 6.45) is 0. The highest BCUT2D eigenvalue weighted by atomic mass is 32.2. The minimum absolute atomic E-state index is 0.0332. The third-order valence-corrected chi connectivity index (χ3v) is 4.81. The third kappa shape index (κ3) is 5.58. The van der Waals surface area contributed by atoms with Gasteiger partial charge in [-0.05, 0) is 55.8 Å². The summed E-state index contributed by atoms with van der Waals surface area (Å²) in [5, 5.41) is 14.2. The van der Waals surface area contributed by atoms with Crippen LogP contribution in [0.5, 0.6) is 0 Å². The molecule has 0 atom stereocenters. The number of nitriles is 1. The first-order valence-electron chi connectivity index (χ1n) is 7.96. The second kappa shape index (κ2) is 8.47. The zero-order chi connectivity index (χ0) is 19.2. The van der Waals surface area contributed by atoms with Gasteiger partial charge in [0.05, 0.1) is 16.5 Å². The molecule has 0 fully saturated rings. The van der Waals surface area contributed by atoms with Crippen molar-refractivity contribution in [1.29, 1.82) is 5.26 Å². The van der Waals surface area contributed by atoms with Gasteiger partial charge >= 0.3 is 6.03 Å². The molecular formula is C18H20N4O3S. The summed E-state index contributed by atoms with van der Waals surface area (Å²) in [7, 11) is -3.67. The van der Waals surface area contributed by atoms with Crippen LogP contribution in [0, 0.1) is 11.3 Å². The summed E-state index contributed by atoms with van der Waals surface area (Å²) in [4.78, 5) is 11.7. The molecule has 2 amide bonds. The second-order valence-electron chi connectivity index (χ2n) is 5.91. The van der Waals surface area contributed by atoms with Crippen LogP contribution >= 0.6 is 0 Å². The van der Waals surface area contributed by atoms with Gasteiger partial charge in [-0.15, -0.1) is 0 Å². The van der Waals surface area contributed by atoms with Crippen LogP contribution in [0.3, 0.4) is 0 Å². The lowest BCUT2D eigenvalue weighted by atomic mass is 10.2. The van der Waals surface area contributed by atoms with Crippen LogP contribution in [0.4, 0.5) is 10.5 Å². The molecule has 0 heterocycles. The lowest BCUT2D eigenvalue weighted by Crippen LogP contribution is -2.34. The zero-order valence-corrected chi connectivity index (χ0v) is 15.3. The molecule has 0 spiro atoms. The van der Waals surface area contributed by atoms with E-state index >= 15 is 0 Å². The van der Waals surface area contributed by atoms with Gasteiger partial charge in [0.1, 0.15) is 0 Å². The monoisotopic (exact) mass is 372 g/mol. The van der Waals surface area contributed by atoms with Crippen LogP contribution in [-0.4, -0.2) is 20.5 Å². The Hall–Kier alpha value is -2.89. The lowest BCUT2D eigenvalue weighted by molar-refractivity contribution is 0.250. The van der Waals surface area contributed by atoms with Crippen LogP contribution in [0.15, 0.2) is 53.4 Å². The number of sulfonamides is 1. The number of hydrogen-bond acceptors (Lipinski definition) is 4. The predicted molar refractivity (Wildman–Crippen MR) is 98.9 cm³/mol. The lowest BCUT2D eigenvalue weighted by Gasteiger charge is -2.11. The van der Waals surface area contributed by atoms with E-state index in [2.05, 4.69) is 15.4 Å². The zero-order valence-electron chi connectivity index (χ0n) is 14.5. The topological polar surface area (TPSA) is 111 Å². The van der Waals surface area contributed by atoms with E-state index in [9.17, 15) is 13.2 Å². The van der Waals surface area contributed by atoms with Gasteiger partial charge in [0.25, 0.3) is 0 Å². The Kier molecular flexibility index (Phi) is 6.33. The van der Waals surface area contributed by atoms with Crippen molar-refractivity contribution in [2.75, 3.05) is 5.32 Å². The molecule has 7 nitrogen and oxygen atoms in total. The number of carbonyl (C=O) groups excluding carboxylic acids is 1. The number of benzene rings is 2. The Bertz CT molecular complexity index is 899. The molecule has 0 saturated carbocycles. The highest BCUT2D eigenvalue weighted by Crippen LogP contribution is 2.13. The number of urea groups is 1. The van der Waals surface area contributed by atoms with Crippen molar-refractivity contribution in [2.24, 2.45) is 0 Å². The summed E-state index contributed by atoms with van der Waals surface area (Å²) >= 11 is 0. The Morgan fingerprint density at radius 2 is 1.69 bits per heavy atom. The normalized spacial score (nSPS) is 11.0. The molecule has 0 radical (unpaired) electrons. The van der Waals surface area contributed by atoms with Crippen LogP contribution in [0.25, 0.3) is 0 Å². The fourth-order valence-electron chi connectivity index (χ4n) is 2.11. The quantitative estimate of drug-likeness (QED) is 0.723. The van der Waals surface area contributed by atoms with Gasteiger partial charge < -0.3 is 10.6 Å². The predicted octanol–water partition coefficient (Wildman–Crippen LogP) is 2.57. The maximum absolute atomic E-state index is 12.3. The first-order valence-corrected chi connectivity index (χ1v) is 9.45. The van der Waals surface area contributed by atoms with Crippen molar-refractivity contribution >= 4 is 21.7 Å². The fraction of sp³-hybridized carbons (Fsp3) is 0.222. The molecule has 2 aromatic carbocycles. The Balaban J connectivity index is 1.96. The number of rotatable bonds is 6. The van der Waals surface area contributed by atoms with E-state index < -0.39 is 10.0 Å². The maximum atomic E-state index is 12.3. The average Bonchev–Trinajstić information content (AvgIpc) is 2.60. The smallest absolute Gasteiger partial charge is 0.319 e. The molecule has 136 valence electrons. The van der Waals surface area contributed by atoms with Crippen molar-refractivity contribution in [3.63, 3.8) is 0 Å². The number of carbonyl (C=O) groups is 1. The number of anilines is 1. The van der Waals surface area contributed by atoms with Crippen molar-refractivity contribution in [1.82, 2.24) is 10.0 Å². The van der Waals surface area contributed by atoms with Crippen LogP contribution < -0.4 is 15.4 Å². The minimum atomic E-state index is -3.67. The van der Waals surface area contributed by atoms with E-state index in [4.69, 9.17) is 5.26 Å². The van der Waals surface area contributed by atoms with Gasteiger partial charge in [-0.2, -0.15) is 5.26 Å². The summed E-state index contributed by atoms with van der Waals surface area (Å²) < 4.78 is 27.0. The third-order valence-electron chi connectivity index (χ3n) is 3.39. The van der Waals surface area contributed by atoms with Crippen molar-refractivity contribution in [2.45, 2.75) is 31.3 Å². The number of nitrogens with zero attached hydrogens (tertiary/aromatic N) is 1. The highest BCUT2D eigenvalue weighted by Gasteiger charge is 2.13. The number of amides is 2. The van der Waals surface area contributed by atoms with Crippen molar-refractivity contribution < 1.29 is 13.2 Å². The first kappa shape index (κ1) is 19.4. The summed E-state index contributed by atoms with van der Waals surface area (Å²) in [5.74, 6) is 0. The van der Waals surface area contributed by atoms with Crippen molar-refractivity contribution in [3.05, 3.63) is 59.7 Å². The first-order chi connectivity index (χ1) is 12.3. The molecule has 0 aliphatic rings. The molecule has 0 aromatic heterocycles. The molecule has 26 heavy (non-hydrogen) atoms. The molecule has 0 aliphatic heterocycles. The molecule has 0 saturated heterocycles. The Labute approximate surface area is 153 Å². The number of hydrogen-bond donors (Lipinski definition) is 3. The second-order valence-corrected chi connectivity index (χ2v) is 7.68. The van der Waals surface area contributed by atoms with Gasteiger partial charge in [-0.25, -0.2) is 17.9 Å². The van der Waals surface area contributed by atoms with E-state index in [1.807, 2.05) is 19.9 Å². The summed E-state index contributed by atoms with van der Waals surface area (Å²) in [6.45, 7) is 3.84. The van der Waals surface area contributed by atoms with Crippen LogP contribution in [-0.2, 0) is 16.6 Å². The fourth-order valence-corrected chi connectivity index (χ4v) is 3.12. The molecule has 0 unspecified atom stereocenters. The summed E-state index contributed by atoms with van der Waals surface area (Å²) in [6, 6.07) is 14.2. The molecule has 0 aliphatic carbocycles. The standard InChI is InChI=1S/C18H20N4O3S/c1-13(2)21-18(23)22-16-7-3-15(4-8-16)12-20-26(24,25)17-9-5-14(11-19)6-10-17/h3-10,13,20H,12H2,1-2H3,(H2,21,22,23). The minimum Gasteiger partial charge on any atom is -0.336 e.